The SMILES string of the molecule is Cc1nn2c(nnc3c(=O)n(NC(=O)c4ccc5c(c4)OCCO5)ccc32)c1-c1cccc(Cl)c1. The number of aromatic nitrogens is 5. The van der Waals surface area contributed by atoms with Crippen molar-refractivity contribution in [3.8, 4) is 22.6 Å². The van der Waals surface area contributed by atoms with Crippen molar-refractivity contribution < 1.29 is 14.3 Å². The Morgan fingerprint density at radius 1 is 1.06 bits per heavy atom. The molecule has 0 saturated carbocycles. The fourth-order valence-electron chi connectivity index (χ4n) is 4.08. The quantitative estimate of drug-likeness (QED) is 0.415. The third-order valence-electron chi connectivity index (χ3n) is 5.69. The van der Waals surface area contributed by atoms with Gasteiger partial charge >= 0.3 is 0 Å². The summed E-state index contributed by atoms with van der Waals surface area (Å²) in [6.45, 7) is 2.71. The first-order valence-electron chi connectivity index (χ1n) is 10.7. The summed E-state index contributed by atoms with van der Waals surface area (Å²) in [5.41, 5.74) is 5.70. The summed E-state index contributed by atoms with van der Waals surface area (Å²) in [5.74, 6) is 0.560. The van der Waals surface area contributed by atoms with E-state index in [2.05, 4.69) is 20.7 Å². The molecule has 5 aromatic rings. The highest BCUT2D eigenvalue weighted by Gasteiger charge is 2.19. The van der Waals surface area contributed by atoms with Crippen LogP contribution in [0.3, 0.4) is 0 Å². The van der Waals surface area contributed by atoms with Crippen LogP contribution in [0, 0.1) is 6.92 Å². The molecule has 1 amide bonds. The van der Waals surface area contributed by atoms with Gasteiger partial charge in [-0.25, -0.2) is 9.19 Å². The minimum atomic E-state index is -0.541. The highest BCUT2D eigenvalue weighted by Crippen LogP contribution is 2.31. The van der Waals surface area contributed by atoms with Gasteiger partial charge in [0.2, 0.25) is 0 Å². The molecule has 1 N–H and O–H groups in total. The van der Waals surface area contributed by atoms with Crippen molar-refractivity contribution in [1.82, 2.24) is 24.5 Å². The molecule has 0 aliphatic carbocycles. The minimum Gasteiger partial charge on any atom is -0.486 e. The van der Waals surface area contributed by atoms with E-state index in [0.29, 0.717) is 52.2 Å². The van der Waals surface area contributed by atoms with E-state index in [1.54, 1.807) is 34.8 Å². The van der Waals surface area contributed by atoms with Crippen molar-refractivity contribution in [2.75, 3.05) is 18.6 Å². The van der Waals surface area contributed by atoms with Crippen LogP contribution in [0.5, 0.6) is 11.5 Å². The molecule has 3 aromatic heterocycles. The second kappa shape index (κ2) is 8.10. The molecule has 0 bridgehead atoms. The molecule has 0 spiro atoms. The maximum atomic E-state index is 13.1. The van der Waals surface area contributed by atoms with E-state index in [1.807, 2.05) is 25.1 Å². The number of hydrogen-bond acceptors (Lipinski definition) is 7. The lowest BCUT2D eigenvalue weighted by molar-refractivity contribution is 0.101. The molecule has 11 heteroatoms. The van der Waals surface area contributed by atoms with Crippen molar-refractivity contribution in [1.29, 1.82) is 0 Å². The number of rotatable bonds is 3. The molecular formula is C24H17ClN6O4. The summed E-state index contributed by atoms with van der Waals surface area (Å²) in [6.07, 6.45) is 1.46. The number of hydrogen-bond donors (Lipinski definition) is 1. The second-order valence-electron chi connectivity index (χ2n) is 7.93. The van der Waals surface area contributed by atoms with Crippen LogP contribution in [0.2, 0.25) is 5.02 Å². The third-order valence-corrected chi connectivity index (χ3v) is 5.93. The number of benzene rings is 2. The number of halogens is 1. The first-order chi connectivity index (χ1) is 17.0. The van der Waals surface area contributed by atoms with Gasteiger partial charge in [0, 0.05) is 16.8 Å². The normalized spacial score (nSPS) is 12.7. The lowest BCUT2D eigenvalue weighted by Crippen LogP contribution is -2.33. The number of aryl methyl sites for hydroxylation is 1. The van der Waals surface area contributed by atoms with Gasteiger partial charge in [-0.05, 0) is 48.9 Å². The number of carbonyl (C=O) groups is 1. The van der Waals surface area contributed by atoms with E-state index >= 15 is 0 Å². The molecule has 0 fully saturated rings. The van der Waals surface area contributed by atoms with Gasteiger partial charge < -0.3 is 9.47 Å². The van der Waals surface area contributed by atoms with Gasteiger partial charge in [-0.1, -0.05) is 23.7 Å². The number of nitrogens with one attached hydrogen (secondary N) is 1. The molecule has 2 aromatic carbocycles. The van der Waals surface area contributed by atoms with Crippen LogP contribution >= 0.6 is 11.6 Å². The molecule has 6 rings (SSSR count). The van der Waals surface area contributed by atoms with Crippen molar-refractivity contribution in [2.24, 2.45) is 0 Å². The average molecular weight is 489 g/mol. The fraction of sp³-hybridized carbons (Fsp3) is 0.125. The van der Waals surface area contributed by atoms with Crippen molar-refractivity contribution in [3.63, 3.8) is 0 Å². The lowest BCUT2D eigenvalue weighted by atomic mass is 10.1. The molecule has 1 aliphatic rings. The number of amides is 1. The monoisotopic (exact) mass is 488 g/mol. The van der Waals surface area contributed by atoms with Gasteiger partial charge in [-0.3, -0.25) is 15.0 Å². The molecular weight excluding hydrogens is 472 g/mol. The lowest BCUT2D eigenvalue weighted by Gasteiger charge is -2.18. The smallest absolute Gasteiger partial charge is 0.299 e. The standard InChI is InChI=1S/C24H17ClN6O4/c1-13-20(14-3-2-4-16(25)11-14)22-27-26-21-17(31(22)28-13)7-8-30(24(21)33)29-23(32)15-5-6-18-19(12-15)35-10-9-34-18/h2-8,11-12H,9-10H2,1H3,(H,29,32). The Morgan fingerprint density at radius 3 is 2.71 bits per heavy atom. The highest BCUT2D eigenvalue weighted by molar-refractivity contribution is 6.30. The van der Waals surface area contributed by atoms with Crippen LogP contribution < -0.4 is 20.5 Å². The Bertz CT molecular complexity index is 1710. The molecule has 4 heterocycles. The first kappa shape index (κ1) is 21.1. The van der Waals surface area contributed by atoms with Gasteiger partial charge in [0.05, 0.1) is 11.3 Å². The summed E-state index contributed by atoms with van der Waals surface area (Å²) in [4.78, 5) is 25.9. The van der Waals surface area contributed by atoms with E-state index in [9.17, 15) is 9.59 Å². The largest absolute Gasteiger partial charge is 0.486 e. The van der Waals surface area contributed by atoms with E-state index in [1.165, 1.54) is 6.20 Å². The summed E-state index contributed by atoms with van der Waals surface area (Å²) in [7, 11) is 0. The second-order valence-corrected chi connectivity index (χ2v) is 8.37. The topological polar surface area (TPSA) is 113 Å². The average Bonchev–Trinajstić information content (AvgIpc) is 3.21. The van der Waals surface area contributed by atoms with E-state index in [4.69, 9.17) is 21.1 Å². The van der Waals surface area contributed by atoms with Gasteiger partial charge in [0.25, 0.3) is 11.5 Å². The number of fused-ring (bicyclic) bond motifs is 4. The van der Waals surface area contributed by atoms with E-state index in [-0.39, 0.29) is 5.52 Å². The molecule has 174 valence electrons. The maximum Gasteiger partial charge on any atom is 0.299 e. The Morgan fingerprint density at radius 2 is 1.89 bits per heavy atom. The van der Waals surface area contributed by atoms with Crippen LogP contribution in [-0.4, -0.2) is 43.6 Å². The van der Waals surface area contributed by atoms with E-state index in [0.717, 1.165) is 15.8 Å². The molecule has 10 nitrogen and oxygen atoms in total. The zero-order valence-electron chi connectivity index (χ0n) is 18.4. The predicted molar refractivity (Wildman–Crippen MR) is 129 cm³/mol. The Kier molecular flexibility index (Phi) is 4.89. The van der Waals surface area contributed by atoms with Gasteiger partial charge in [0.15, 0.2) is 22.7 Å². The van der Waals surface area contributed by atoms with Crippen LogP contribution in [0.15, 0.2) is 59.5 Å². The molecule has 1 aliphatic heterocycles. The molecule has 35 heavy (non-hydrogen) atoms. The zero-order chi connectivity index (χ0) is 24.1. The Hall–Kier alpha value is -4.44. The van der Waals surface area contributed by atoms with Crippen molar-refractivity contribution >= 4 is 34.2 Å². The molecule has 0 radical (unpaired) electrons. The van der Waals surface area contributed by atoms with Crippen LogP contribution in [-0.2, 0) is 0 Å². The van der Waals surface area contributed by atoms with Gasteiger partial charge in [-0.15, -0.1) is 10.2 Å². The summed E-state index contributed by atoms with van der Waals surface area (Å²) >= 11 is 6.16. The molecule has 0 unspecified atom stereocenters. The summed E-state index contributed by atoms with van der Waals surface area (Å²) in [6, 6.07) is 13.8. The van der Waals surface area contributed by atoms with Crippen LogP contribution in [0.25, 0.3) is 27.8 Å². The molecule has 0 atom stereocenters. The predicted octanol–water partition coefficient (Wildman–Crippen LogP) is 3.22. The fourth-order valence-corrected chi connectivity index (χ4v) is 4.27. The third kappa shape index (κ3) is 3.55. The van der Waals surface area contributed by atoms with E-state index < -0.39 is 11.5 Å². The maximum absolute atomic E-state index is 13.1. The van der Waals surface area contributed by atoms with Crippen LogP contribution in [0.1, 0.15) is 16.1 Å². The minimum absolute atomic E-state index is 0.0580. The summed E-state index contributed by atoms with van der Waals surface area (Å²) < 4.78 is 13.6. The zero-order valence-corrected chi connectivity index (χ0v) is 19.1. The van der Waals surface area contributed by atoms with Gasteiger partial charge in [0.1, 0.15) is 18.7 Å². The summed E-state index contributed by atoms with van der Waals surface area (Å²) in [5, 5.41) is 13.6. The Balaban J connectivity index is 1.39. The Labute approximate surface area is 202 Å². The van der Waals surface area contributed by atoms with Crippen LogP contribution in [0.4, 0.5) is 0 Å². The first-order valence-corrected chi connectivity index (χ1v) is 11.1. The number of carbonyl (C=O) groups excluding carboxylic acids is 1. The number of nitrogens with zero attached hydrogens (tertiary/aromatic N) is 5. The molecule has 0 saturated heterocycles. The van der Waals surface area contributed by atoms with Gasteiger partial charge in [-0.2, -0.15) is 5.10 Å². The number of ether oxygens (including phenoxy) is 2. The van der Waals surface area contributed by atoms with Crippen molar-refractivity contribution in [3.05, 3.63) is 81.4 Å². The highest BCUT2D eigenvalue weighted by atomic mass is 35.5. The van der Waals surface area contributed by atoms with Crippen molar-refractivity contribution in [2.45, 2.75) is 6.92 Å². The number of pyridine rings is 1.